The Morgan fingerprint density at radius 3 is 1.56 bits per heavy atom. The highest BCUT2D eigenvalue weighted by atomic mass is 19.4. The first kappa shape index (κ1) is 18.8. The summed E-state index contributed by atoms with van der Waals surface area (Å²) in [4.78, 5) is 11.2. The average Bonchev–Trinajstić information content (AvgIpc) is 2.51. The number of benzene rings is 2. The van der Waals surface area contributed by atoms with Crippen LogP contribution in [0.4, 0.5) is 13.2 Å². The van der Waals surface area contributed by atoms with Crippen LogP contribution in [0, 0.1) is 0 Å². The predicted molar refractivity (Wildman–Crippen MR) is 91.3 cm³/mol. The van der Waals surface area contributed by atoms with Crippen LogP contribution in [0.2, 0.25) is 0 Å². The Bertz CT molecular complexity index is 718. The smallest absolute Gasteiger partial charge is 0.416 e. The van der Waals surface area contributed by atoms with Gasteiger partial charge in [-0.15, -0.1) is 0 Å². The Balaban J connectivity index is 2.46. The van der Waals surface area contributed by atoms with Crippen molar-refractivity contribution in [2.75, 3.05) is 0 Å². The van der Waals surface area contributed by atoms with Crippen LogP contribution in [0.5, 0.6) is 0 Å². The number of carboxylic acids is 1. The number of alkyl halides is 3. The minimum absolute atomic E-state index is 0.0520. The molecule has 0 spiro atoms. The molecule has 1 N–H and O–H groups in total. The van der Waals surface area contributed by atoms with Crippen LogP contribution in [-0.2, 0) is 16.4 Å². The highest BCUT2D eigenvalue weighted by Crippen LogP contribution is 2.32. The number of halogens is 3. The first-order valence-corrected chi connectivity index (χ1v) is 7.71. The molecule has 0 fully saturated rings. The molecule has 2 nitrogen and oxygen atoms in total. The quantitative estimate of drug-likeness (QED) is 0.742. The van der Waals surface area contributed by atoms with Gasteiger partial charge in [0, 0.05) is 6.08 Å². The zero-order valence-corrected chi connectivity index (χ0v) is 14.2. The fourth-order valence-electron chi connectivity index (χ4n) is 2.45. The van der Waals surface area contributed by atoms with E-state index in [2.05, 4.69) is 20.8 Å². The van der Waals surface area contributed by atoms with E-state index in [9.17, 15) is 18.0 Å². The summed E-state index contributed by atoms with van der Waals surface area (Å²) in [7, 11) is 0. The van der Waals surface area contributed by atoms with Crippen LogP contribution in [0.15, 0.2) is 54.6 Å². The number of aliphatic carboxylic acids is 1. The Labute approximate surface area is 144 Å². The van der Waals surface area contributed by atoms with Crippen molar-refractivity contribution in [2.45, 2.75) is 32.4 Å². The van der Waals surface area contributed by atoms with Crippen molar-refractivity contribution >= 4 is 11.5 Å². The van der Waals surface area contributed by atoms with Crippen LogP contribution in [-0.4, -0.2) is 11.1 Å². The molecule has 0 aliphatic carbocycles. The maximum atomic E-state index is 12.7. The molecule has 5 heteroatoms. The molecule has 0 bridgehead atoms. The average molecular weight is 348 g/mol. The van der Waals surface area contributed by atoms with Gasteiger partial charge in [-0.2, -0.15) is 13.2 Å². The summed E-state index contributed by atoms with van der Waals surface area (Å²) in [5.41, 5.74) is 1.67. The van der Waals surface area contributed by atoms with Crippen LogP contribution in [0.3, 0.4) is 0 Å². The molecule has 0 unspecified atom stereocenters. The van der Waals surface area contributed by atoms with Gasteiger partial charge in [0.2, 0.25) is 0 Å². The van der Waals surface area contributed by atoms with Crippen molar-refractivity contribution in [2.24, 2.45) is 0 Å². The zero-order chi connectivity index (χ0) is 18.8. The van der Waals surface area contributed by atoms with Gasteiger partial charge >= 0.3 is 12.1 Å². The van der Waals surface area contributed by atoms with E-state index in [1.807, 2.05) is 12.1 Å². The molecule has 0 heterocycles. The number of rotatable bonds is 3. The summed E-state index contributed by atoms with van der Waals surface area (Å²) in [5, 5.41) is 9.12. The topological polar surface area (TPSA) is 37.3 Å². The van der Waals surface area contributed by atoms with E-state index in [0.717, 1.165) is 23.8 Å². The molecule has 0 radical (unpaired) electrons. The van der Waals surface area contributed by atoms with Crippen molar-refractivity contribution in [3.05, 3.63) is 76.9 Å². The van der Waals surface area contributed by atoms with Crippen LogP contribution < -0.4 is 0 Å². The van der Waals surface area contributed by atoms with E-state index >= 15 is 0 Å². The third-order valence-corrected chi connectivity index (χ3v) is 3.85. The molecule has 0 atom stereocenters. The second kappa shape index (κ2) is 6.75. The standard InChI is InChI=1S/C20H19F3O2/c1-19(2,3)15-8-4-13(5-9-15)17(12-18(24)25)14-6-10-16(11-7-14)20(21,22)23/h4-12H,1-3H3,(H,24,25)/b17-12+. The third kappa shape index (κ3) is 4.72. The summed E-state index contributed by atoms with van der Waals surface area (Å²) in [5.74, 6) is -1.16. The van der Waals surface area contributed by atoms with Crippen molar-refractivity contribution in [1.82, 2.24) is 0 Å². The molecule has 0 aromatic heterocycles. The fraction of sp³-hybridized carbons (Fsp3) is 0.250. The summed E-state index contributed by atoms with van der Waals surface area (Å²) < 4.78 is 38.1. The van der Waals surface area contributed by atoms with Crippen molar-refractivity contribution in [3.63, 3.8) is 0 Å². The zero-order valence-electron chi connectivity index (χ0n) is 14.2. The minimum atomic E-state index is -4.43. The van der Waals surface area contributed by atoms with Crippen LogP contribution >= 0.6 is 0 Å². The second-order valence-electron chi connectivity index (χ2n) is 6.80. The molecule has 0 saturated heterocycles. The highest BCUT2D eigenvalue weighted by Gasteiger charge is 2.30. The van der Waals surface area contributed by atoms with Gasteiger partial charge in [0.05, 0.1) is 5.56 Å². The van der Waals surface area contributed by atoms with Crippen molar-refractivity contribution in [3.8, 4) is 0 Å². The normalized spacial score (nSPS) is 13.0. The van der Waals surface area contributed by atoms with E-state index < -0.39 is 17.7 Å². The van der Waals surface area contributed by atoms with E-state index in [-0.39, 0.29) is 5.41 Å². The minimum Gasteiger partial charge on any atom is -0.478 e. The molecule has 0 aliphatic rings. The van der Waals surface area contributed by atoms with Gasteiger partial charge in [-0.1, -0.05) is 57.2 Å². The number of hydrogen-bond donors (Lipinski definition) is 1. The summed E-state index contributed by atoms with van der Waals surface area (Å²) in [6, 6.07) is 11.8. The molecular formula is C20H19F3O2. The summed E-state index contributed by atoms with van der Waals surface area (Å²) >= 11 is 0. The van der Waals surface area contributed by atoms with Crippen LogP contribution in [0.1, 0.15) is 43.0 Å². The molecule has 2 aromatic carbocycles. The highest BCUT2D eigenvalue weighted by molar-refractivity contribution is 5.95. The predicted octanol–water partition coefficient (Wildman–Crippen LogP) is 5.52. The molecule has 0 aliphatic heterocycles. The lowest BCUT2D eigenvalue weighted by atomic mass is 9.85. The molecule has 25 heavy (non-hydrogen) atoms. The van der Waals surface area contributed by atoms with Gasteiger partial charge < -0.3 is 5.11 Å². The summed E-state index contributed by atoms with van der Waals surface area (Å²) in [6.07, 6.45) is -3.42. The van der Waals surface area contributed by atoms with Gasteiger partial charge in [-0.3, -0.25) is 0 Å². The number of carbonyl (C=O) groups is 1. The first-order valence-electron chi connectivity index (χ1n) is 7.71. The van der Waals surface area contributed by atoms with E-state index in [4.69, 9.17) is 5.11 Å². The monoisotopic (exact) mass is 348 g/mol. The third-order valence-electron chi connectivity index (χ3n) is 3.85. The molecule has 2 aromatic rings. The van der Waals surface area contributed by atoms with E-state index in [1.54, 1.807) is 12.1 Å². The molecule has 132 valence electrons. The van der Waals surface area contributed by atoms with E-state index in [0.29, 0.717) is 16.7 Å². The van der Waals surface area contributed by atoms with Gasteiger partial charge in [0.1, 0.15) is 0 Å². The van der Waals surface area contributed by atoms with Crippen molar-refractivity contribution in [1.29, 1.82) is 0 Å². The number of carboxylic acid groups (broad SMARTS) is 1. The summed E-state index contributed by atoms with van der Waals surface area (Å²) in [6.45, 7) is 6.18. The lowest BCUT2D eigenvalue weighted by Gasteiger charge is -2.19. The lowest BCUT2D eigenvalue weighted by molar-refractivity contribution is -0.137. The van der Waals surface area contributed by atoms with E-state index in [1.165, 1.54) is 12.1 Å². The molecule has 0 saturated carbocycles. The van der Waals surface area contributed by atoms with Gasteiger partial charge in [0.15, 0.2) is 0 Å². The Morgan fingerprint density at radius 1 is 0.840 bits per heavy atom. The Morgan fingerprint density at radius 2 is 1.24 bits per heavy atom. The number of hydrogen-bond acceptors (Lipinski definition) is 1. The Hall–Kier alpha value is -2.56. The first-order chi connectivity index (χ1) is 11.5. The van der Waals surface area contributed by atoms with Crippen LogP contribution in [0.25, 0.3) is 5.57 Å². The second-order valence-corrected chi connectivity index (χ2v) is 6.80. The Kier molecular flexibility index (Phi) is 5.07. The fourth-order valence-corrected chi connectivity index (χ4v) is 2.45. The van der Waals surface area contributed by atoms with Gasteiger partial charge in [-0.25, -0.2) is 4.79 Å². The van der Waals surface area contributed by atoms with Crippen molar-refractivity contribution < 1.29 is 23.1 Å². The SMILES string of the molecule is CC(C)(C)c1ccc(/C(=C\C(=O)O)c2ccc(C(F)(F)F)cc2)cc1. The maximum absolute atomic E-state index is 12.7. The molecule has 2 rings (SSSR count). The largest absolute Gasteiger partial charge is 0.478 e. The lowest BCUT2D eigenvalue weighted by Crippen LogP contribution is -2.10. The maximum Gasteiger partial charge on any atom is 0.416 e. The molecular weight excluding hydrogens is 329 g/mol. The van der Waals surface area contributed by atoms with Gasteiger partial charge in [0.25, 0.3) is 0 Å². The van der Waals surface area contributed by atoms with Gasteiger partial charge in [-0.05, 0) is 39.8 Å². The molecule has 0 amide bonds.